The monoisotopic (exact) mass is 332 g/mol. The van der Waals surface area contributed by atoms with Crippen molar-refractivity contribution in [2.45, 2.75) is 25.4 Å². The van der Waals surface area contributed by atoms with Gasteiger partial charge in [0.1, 0.15) is 0 Å². The van der Waals surface area contributed by atoms with Crippen LogP contribution in [0.3, 0.4) is 0 Å². The van der Waals surface area contributed by atoms with Crippen molar-refractivity contribution in [1.82, 2.24) is 10.2 Å². The van der Waals surface area contributed by atoms with E-state index in [-0.39, 0.29) is 11.5 Å². The van der Waals surface area contributed by atoms with Crippen LogP contribution >= 0.6 is 0 Å². The molecule has 1 fully saturated rings. The predicted molar refractivity (Wildman–Crippen MR) is 78.1 cm³/mol. The number of urea groups is 1. The van der Waals surface area contributed by atoms with E-state index in [1.807, 2.05) is 0 Å². The molecule has 1 aliphatic heterocycles. The fraction of sp³-hybridized carbons (Fsp3) is 0.500. The minimum Gasteiger partial charge on any atom is -0.334 e. The highest BCUT2D eigenvalue weighted by Crippen LogP contribution is 2.21. The second-order valence-corrected chi connectivity index (χ2v) is 7.74. The van der Waals surface area contributed by atoms with Crippen molar-refractivity contribution >= 4 is 15.9 Å². The standard InChI is InChI=1S/C14H18F2N2O3S/c1-9(10-3-4-12(15)13(16)7-10)18(2)14(19)17-11-5-6-22(20,21)8-11/h3-4,7,9,11H,5-6,8H2,1-2H3,(H,17,19). The van der Waals surface area contributed by atoms with Gasteiger partial charge in [-0.3, -0.25) is 0 Å². The molecule has 122 valence electrons. The number of hydrogen-bond donors (Lipinski definition) is 1. The van der Waals surface area contributed by atoms with Crippen LogP contribution in [0.5, 0.6) is 0 Å². The molecule has 0 saturated carbocycles. The van der Waals surface area contributed by atoms with Crippen LogP contribution in [0, 0.1) is 11.6 Å². The number of benzene rings is 1. The third kappa shape index (κ3) is 3.73. The Hall–Kier alpha value is -1.70. The first-order valence-electron chi connectivity index (χ1n) is 6.88. The maximum Gasteiger partial charge on any atom is 0.317 e. The van der Waals surface area contributed by atoms with Crippen LogP contribution in [0.15, 0.2) is 18.2 Å². The summed E-state index contributed by atoms with van der Waals surface area (Å²) in [6, 6.07) is 2.14. The molecule has 0 radical (unpaired) electrons. The zero-order valence-electron chi connectivity index (χ0n) is 12.3. The van der Waals surface area contributed by atoms with Gasteiger partial charge in [0.2, 0.25) is 0 Å². The van der Waals surface area contributed by atoms with Crippen molar-refractivity contribution in [1.29, 1.82) is 0 Å². The fourth-order valence-corrected chi connectivity index (χ4v) is 4.03. The number of amides is 2. The quantitative estimate of drug-likeness (QED) is 0.919. The van der Waals surface area contributed by atoms with Crippen molar-refractivity contribution in [3.8, 4) is 0 Å². The molecule has 0 aromatic heterocycles. The van der Waals surface area contributed by atoms with Gasteiger partial charge in [-0.2, -0.15) is 0 Å². The van der Waals surface area contributed by atoms with Crippen molar-refractivity contribution < 1.29 is 22.0 Å². The van der Waals surface area contributed by atoms with Gasteiger partial charge in [-0.15, -0.1) is 0 Å². The molecular weight excluding hydrogens is 314 g/mol. The number of carbonyl (C=O) groups excluding carboxylic acids is 1. The average Bonchev–Trinajstić information content (AvgIpc) is 2.79. The van der Waals surface area contributed by atoms with Gasteiger partial charge in [-0.25, -0.2) is 22.0 Å². The zero-order valence-corrected chi connectivity index (χ0v) is 13.2. The number of sulfone groups is 1. The third-order valence-electron chi connectivity index (χ3n) is 3.89. The summed E-state index contributed by atoms with van der Waals surface area (Å²) in [5, 5.41) is 2.65. The van der Waals surface area contributed by atoms with Crippen molar-refractivity contribution in [3.63, 3.8) is 0 Å². The predicted octanol–water partition coefficient (Wildman–Crippen LogP) is 1.85. The first kappa shape index (κ1) is 16.7. The van der Waals surface area contributed by atoms with Gasteiger partial charge in [0.15, 0.2) is 21.5 Å². The van der Waals surface area contributed by atoms with E-state index in [9.17, 15) is 22.0 Å². The summed E-state index contributed by atoms with van der Waals surface area (Å²) < 4.78 is 48.9. The second kappa shape index (κ2) is 6.20. The maximum absolute atomic E-state index is 13.3. The van der Waals surface area contributed by atoms with E-state index >= 15 is 0 Å². The highest BCUT2D eigenvalue weighted by Gasteiger charge is 2.30. The molecule has 0 bridgehead atoms. The van der Waals surface area contributed by atoms with Gasteiger partial charge < -0.3 is 10.2 Å². The Morgan fingerprint density at radius 2 is 2.05 bits per heavy atom. The number of rotatable bonds is 3. The molecule has 22 heavy (non-hydrogen) atoms. The van der Waals surface area contributed by atoms with Gasteiger partial charge >= 0.3 is 6.03 Å². The molecule has 2 atom stereocenters. The molecule has 1 saturated heterocycles. The molecule has 8 heteroatoms. The summed E-state index contributed by atoms with van der Waals surface area (Å²) in [6.45, 7) is 1.68. The highest BCUT2D eigenvalue weighted by atomic mass is 32.2. The Bertz CT molecular complexity index is 679. The minimum atomic E-state index is -3.07. The van der Waals surface area contributed by atoms with E-state index in [1.54, 1.807) is 6.92 Å². The molecule has 0 aliphatic carbocycles. The Morgan fingerprint density at radius 1 is 1.36 bits per heavy atom. The first-order valence-corrected chi connectivity index (χ1v) is 8.70. The van der Waals surface area contributed by atoms with E-state index in [4.69, 9.17) is 0 Å². The Kier molecular flexibility index (Phi) is 4.69. The van der Waals surface area contributed by atoms with Crippen LogP contribution in [-0.4, -0.2) is 43.9 Å². The minimum absolute atomic E-state index is 0.0634. The normalized spacial score (nSPS) is 21.4. The molecule has 1 aromatic carbocycles. The summed E-state index contributed by atoms with van der Waals surface area (Å²) in [5.41, 5.74) is 0.454. The number of hydrogen-bond acceptors (Lipinski definition) is 3. The van der Waals surface area contributed by atoms with E-state index in [0.717, 1.165) is 12.1 Å². The van der Waals surface area contributed by atoms with Crippen LogP contribution in [0.4, 0.5) is 13.6 Å². The molecule has 1 aromatic rings. The summed E-state index contributed by atoms with van der Waals surface area (Å²) in [7, 11) is -1.56. The van der Waals surface area contributed by atoms with Crippen LogP contribution in [0.2, 0.25) is 0 Å². The van der Waals surface area contributed by atoms with Gasteiger partial charge in [-0.05, 0) is 31.0 Å². The highest BCUT2D eigenvalue weighted by molar-refractivity contribution is 7.91. The van der Waals surface area contributed by atoms with Gasteiger partial charge in [0.25, 0.3) is 0 Å². The number of carbonyl (C=O) groups is 1. The topological polar surface area (TPSA) is 66.5 Å². The van der Waals surface area contributed by atoms with Crippen LogP contribution in [0.1, 0.15) is 24.9 Å². The average molecular weight is 332 g/mol. The third-order valence-corrected chi connectivity index (χ3v) is 5.66. The molecule has 0 spiro atoms. The van der Waals surface area contributed by atoms with Crippen molar-refractivity contribution in [2.24, 2.45) is 0 Å². The SMILES string of the molecule is CC(c1ccc(F)c(F)c1)N(C)C(=O)NC1CCS(=O)(=O)C1. The molecule has 1 N–H and O–H groups in total. The molecule has 2 rings (SSSR count). The number of nitrogens with zero attached hydrogens (tertiary/aromatic N) is 1. The van der Waals surface area contributed by atoms with Crippen LogP contribution in [0.25, 0.3) is 0 Å². The Labute approximate surface area is 128 Å². The number of halogens is 2. The molecule has 1 aliphatic rings. The van der Waals surface area contributed by atoms with Gasteiger partial charge in [-0.1, -0.05) is 6.07 Å². The second-order valence-electron chi connectivity index (χ2n) is 5.51. The van der Waals surface area contributed by atoms with Crippen molar-refractivity contribution in [3.05, 3.63) is 35.4 Å². The lowest BCUT2D eigenvalue weighted by molar-refractivity contribution is 0.191. The summed E-state index contributed by atoms with van der Waals surface area (Å²) in [6.07, 6.45) is 0.390. The van der Waals surface area contributed by atoms with E-state index in [2.05, 4.69) is 5.32 Å². The van der Waals surface area contributed by atoms with E-state index < -0.39 is 39.6 Å². The molecule has 1 heterocycles. The summed E-state index contributed by atoms with van der Waals surface area (Å²) in [5.74, 6) is -1.91. The zero-order chi connectivity index (χ0) is 16.5. The molecular formula is C14H18F2N2O3S. The van der Waals surface area contributed by atoms with Gasteiger partial charge in [0.05, 0.1) is 17.5 Å². The maximum atomic E-state index is 13.3. The van der Waals surface area contributed by atoms with Crippen LogP contribution in [-0.2, 0) is 9.84 Å². The lowest BCUT2D eigenvalue weighted by Crippen LogP contribution is -2.44. The summed E-state index contributed by atoms with van der Waals surface area (Å²) >= 11 is 0. The van der Waals surface area contributed by atoms with Gasteiger partial charge in [0, 0.05) is 13.1 Å². The largest absolute Gasteiger partial charge is 0.334 e. The molecule has 2 amide bonds. The molecule has 2 unspecified atom stereocenters. The first-order chi connectivity index (χ1) is 10.2. The fourth-order valence-electron chi connectivity index (χ4n) is 2.36. The van der Waals surface area contributed by atoms with Crippen molar-refractivity contribution in [2.75, 3.05) is 18.6 Å². The lowest BCUT2D eigenvalue weighted by atomic mass is 10.1. The van der Waals surface area contributed by atoms with Crippen LogP contribution < -0.4 is 5.32 Å². The smallest absolute Gasteiger partial charge is 0.317 e. The lowest BCUT2D eigenvalue weighted by Gasteiger charge is -2.27. The molecule has 5 nitrogen and oxygen atoms in total. The Balaban J connectivity index is 2.02. The van der Waals surface area contributed by atoms with E-state index in [0.29, 0.717) is 12.0 Å². The Morgan fingerprint density at radius 3 is 2.59 bits per heavy atom. The summed E-state index contributed by atoms with van der Waals surface area (Å²) in [4.78, 5) is 13.5. The number of nitrogens with one attached hydrogen (secondary N) is 1. The van der Waals surface area contributed by atoms with E-state index in [1.165, 1.54) is 18.0 Å².